The third kappa shape index (κ3) is 5.80. The van der Waals surface area contributed by atoms with Gasteiger partial charge in [0.25, 0.3) is 11.8 Å². The lowest BCUT2D eigenvalue weighted by atomic mass is 9.86. The molecule has 0 N–H and O–H groups in total. The second-order valence-electron chi connectivity index (χ2n) is 10.6. The summed E-state index contributed by atoms with van der Waals surface area (Å²) in [6.07, 6.45) is 3.47. The lowest BCUT2D eigenvalue weighted by molar-refractivity contribution is -0.142. The maximum absolute atomic E-state index is 14.3. The van der Waals surface area contributed by atoms with Gasteiger partial charge in [-0.05, 0) is 55.3 Å². The zero-order valence-electron chi connectivity index (χ0n) is 24.2. The molecule has 1 fully saturated rings. The number of benzene rings is 3. The molecule has 2 amide bonds. The Labute approximate surface area is 265 Å². The maximum atomic E-state index is 14.3. The van der Waals surface area contributed by atoms with Crippen molar-refractivity contribution in [2.24, 2.45) is 0 Å². The van der Waals surface area contributed by atoms with Gasteiger partial charge in [0.05, 0.1) is 40.4 Å². The van der Waals surface area contributed by atoms with E-state index in [0.29, 0.717) is 39.8 Å². The van der Waals surface area contributed by atoms with E-state index >= 15 is 0 Å². The third-order valence-corrected chi connectivity index (χ3v) is 9.76. The summed E-state index contributed by atoms with van der Waals surface area (Å²) >= 11 is 6.56. The molecule has 1 saturated heterocycles. The number of hydrogen-bond acceptors (Lipinski definition) is 7. The summed E-state index contributed by atoms with van der Waals surface area (Å²) in [7, 11) is -3.44. The monoisotopic (exact) mass is 638 g/mol. The SMILES string of the molecule is CCOc1ccc(-c2nn(-c3ccccc3)cc2/C=C2\C(=O)N(C3CCS(=O)(=O)C3)C(=O)C(C#N)=C2c2ccccc2)cc1Cl. The third-order valence-electron chi connectivity index (χ3n) is 7.72. The summed E-state index contributed by atoms with van der Waals surface area (Å²) in [5.41, 5.74) is 2.93. The highest BCUT2D eigenvalue weighted by Crippen LogP contribution is 2.39. The van der Waals surface area contributed by atoms with Crippen molar-refractivity contribution in [2.75, 3.05) is 18.1 Å². The summed E-state index contributed by atoms with van der Waals surface area (Å²) in [6, 6.07) is 24.6. The Bertz CT molecular complexity index is 2030. The lowest BCUT2D eigenvalue weighted by Crippen LogP contribution is -2.49. The molecule has 1 atom stereocenters. The van der Waals surface area contributed by atoms with E-state index in [1.807, 2.05) is 49.4 Å². The number of halogens is 1. The van der Waals surface area contributed by atoms with Crippen molar-refractivity contribution in [1.29, 1.82) is 5.26 Å². The molecule has 3 aromatic carbocycles. The van der Waals surface area contributed by atoms with Crippen molar-refractivity contribution in [3.8, 4) is 28.8 Å². The highest BCUT2D eigenvalue weighted by atomic mass is 35.5. The molecule has 11 heteroatoms. The van der Waals surface area contributed by atoms with Gasteiger partial charge in [-0.1, -0.05) is 60.1 Å². The smallest absolute Gasteiger partial charge is 0.272 e. The number of nitriles is 1. The van der Waals surface area contributed by atoms with Gasteiger partial charge in [-0.2, -0.15) is 10.4 Å². The van der Waals surface area contributed by atoms with Gasteiger partial charge in [-0.3, -0.25) is 14.5 Å². The second-order valence-corrected chi connectivity index (χ2v) is 13.3. The molecular weight excluding hydrogens is 612 g/mol. The number of imide groups is 1. The van der Waals surface area contributed by atoms with Crippen LogP contribution in [0.1, 0.15) is 24.5 Å². The molecule has 0 radical (unpaired) electrons. The van der Waals surface area contributed by atoms with E-state index in [1.165, 1.54) is 0 Å². The number of nitrogens with zero attached hydrogens (tertiary/aromatic N) is 4. The van der Waals surface area contributed by atoms with E-state index in [1.54, 1.807) is 59.4 Å². The number of para-hydroxylation sites is 1. The Kier molecular flexibility index (Phi) is 8.14. The molecule has 6 rings (SSSR count). The molecule has 3 heterocycles. The van der Waals surface area contributed by atoms with E-state index in [4.69, 9.17) is 21.4 Å². The Morgan fingerprint density at radius 3 is 2.36 bits per heavy atom. The molecule has 1 aromatic heterocycles. The first kappa shape index (κ1) is 30.1. The number of rotatable bonds is 7. The fourth-order valence-corrected chi connectivity index (χ4v) is 7.59. The van der Waals surface area contributed by atoms with Crippen LogP contribution in [0.4, 0.5) is 0 Å². The van der Waals surface area contributed by atoms with Gasteiger partial charge < -0.3 is 4.74 Å². The average Bonchev–Trinajstić information content (AvgIpc) is 3.63. The van der Waals surface area contributed by atoms with Crippen LogP contribution in [0.5, 0.6) is 5.75 Å². The van der Waals surface area contributed by atoms with Crippen LogP contribution in [0.25, 0.3) is 28.6 Å². The van der Waals surface area contributed by atoms with Crippen molar-refractivity contribution in [2.45, 2.75) is 19.4 Å². The molecule has 0 bridgehead atoms. The van der Waals surface area contributed by atoms with Crippen LogP contribution in [0.3, 0.4) is 0 Å². The molecule has 0 spiro atoms. The van der Waals surface area contributed by atoms with Gasteiger partial charge in [0, 0.05) is 22.9 Å². The topological polar surface area (TPSA) is 122 Å². The van der Waals surface area contributed by atoms with Crippen molar-refractivity contribution in [3.63, 3.8) is 0 Å². The van der Waals surface area contributed by atoms with E-state index in [-0.39, 0.29) is 34.6 Å². The van der Waals surface area contributed by atoms with Gasteiger partial charge in [0.2, 0.25) is 0 Å². The van der Waals surface area contributed by atoms with Crippen molar-refractivity contribution in [1.82, 2.24) is 14.7 Å². The first-order valence-corrected chi connectivity index (χ1v) is 16.5. The lowest BCUT2D eigenvalue weighted by Gasteiger charge is -2.32. The van der Waals surface area contributed by atoms with Gasteiger partial charge in [-0.25, -0.2) is 13.1 Å². The Balaban J connectivity index is 1.59. The van der Waals surface area contributed by atoms with Crippen LogP contribution in [-0.2, 0) is 19.4 Å². The maximum Gasteiger partial charge on any atom is 0.272 e. The first-order valence-electron chi connectivity index (χ1n) is 14.3. The fraction of sp³-hybridized carbons (Fsp3) is 0.176. The van der Waals surface area contributed by atoms with E-state index < -0.39 is 27.7 Å². The Hall–Kier alpha value is -4.98. The summed E-state index contributed by atoms with van der Waals surface area (Å²) in [5.74, 6) is -1.46. The predicted octanol–water partition coefficient (Wildman–Crippen LogP) is 5.51. The molecule has 1 unspecified atom stereocenters. The van der Waals surface area contributed by atoms with Crippen molar-refractivity contribution in [3.05, 3.63) is 112 Å². The quantitative estimate of drug-likeness (QED) is 0.193. The fourth-order valence-electron chi connectivity index (χ4n) is 5.65. The number of ether oxygens (including phenoxy) is 1. The minimum Gasteiger partial charge on any atom is -0.492 e. The highest BCUT2D eigenvalue weighted by Gasteiger charge is 2.45. The van der Waals surface area contributed by atoms with Gasteiger partial charge in [0.15, 0.2) is 9.84 Å². The molecule has 0 saturated carbocycles. The summed E-state index contributed by atoms with van der Waals surface area (Å²) in [6.45, 7) is 2.30. The molecule has 45 heavy (non-hydrogen) atoms. The molecule has 4 aromatic rings. The first-order chi connectivity index (χ1) is 21.7. The van der Waals surface area contributed by atoms with Crippen molar-refractivity contribution >= 4 is 44.9 Å². The molecule has 2 aliphatic heterocycles. The normalized spacial score (nSPS) is 18.8. The van der Waals surface area contributed by atoms with Gasteiger partial charge in [0.1, 0.15) is 23.1 Å². The number of hydrogen-bond donors (Lipinski definition) is 0. The standard InChI is InChI=1S/C34H27ClN4O5S/c1-2-44-30-14-13-23(18-29(30)35)32-24(20-38(37-32)25-11-7-4-8-12-25)17-27-31(22-9-5-3-6-10-22)28(19-36)34(41)39(33(27)40)26-15-16-45(42,43)21-26/h3-14,17-18,20,26H,2,15-16,21H2,1H3/b27-17-. The van der Waals surface area contributed by atoms with Crippen LogP contribution in [-0.4, -0.2) is 59.1 Å². The molecule has 9 nitrogen and oxygen atoms in total. The predicted molar refractivity (Wildman–Crippen MR) is 171 cm³/mol. The summed E-state index contributed by atoms with van der Waals surface area (Å²) in [4.78, 5) is 29.0. The van der Waals surface area contributed by atoms with E-state index in [2.05, 4.69) is 0 Å². The largest absolute Gasteiger partial charge is 0.492 e. The molecule has 2 aliphatic rings. The van der Waals surface area contributed by atoms with Gasteiger partial charge >= 0.3 is 0 Å². The Morgan fingerprint density at radius 1 is 1.02 bits per heavy atom. The molecular formula is C34H27ClN4O5S. The average molecular weight is 639 g/mol. The minimum atomic E-state index is -3.44. The number of sulfone groups is 1. The molecule has 226 valence electrons. The van der Waals surface area contributed by atoms with Crippen LogP contribution < -0.4 is 4.74 Å². The van der Waals surface area contributed by atoms with Crippen LogP contribution in [0, 0.1) is 11.3 Å². The van der Waals surface area contributed by atoms with E-state index in [9.17, 15) is 23.3 Å². The van der Waals surface area contributed by atoms with Crippen LogP contribution >= 0.6 is 11.6 Å². The summed E-state index contributed by atoms with van der Waals surface area (Å²) in [5, 5.41) is 15.5. The van der Waals surface area contributed by atoms with E-state index in [0.717, 1.165) is 10.6 Å². The number of aromatic nitrogens is 2. The van der Waals surface area contributed by atoms with Gasteiger partial charge in [-0.15, -0.1) is 0 Å². The van der Waals surface area contributed by atoms with Crippen LogP contribution in [0.15, 0.2) is 96.2 Å². The zero-order chi connectivity index (χ0) is 31.7. The minimum absolute atomic E-state index is 0.0764. The number of carbonyl (C=O) groups excluding carboxylic acids is 2. The van der Waals surface area contributed by atoms with Crippen LogP contribution in [0.2, 0.25) is 5.02 Å². The summed E-state index contributed by atoms with van der Waals surface area (Å²) < 4.78 is 32.0. The number of carbonyl (C=O) groups is 2. The number of amides is 2. The van der Waals surface area contributed by atoms with Crippen molar-refractivity contribution < 1.29 is 22.7 Å². The highest BCUT2D eigenvalue weighted by molar-refractivity contribution is 7.91. The molecule has 0 aliphatic carbocycles. The zero-order valence-corrected chi connectivity index (χ0v) is 25.8. The second kappa shape index (κ2) is 12.2. The Morgan fingerprint density at radius 2 is 1.73 bits per heavy atom.